The normalized spacial score (nSPS) is 15.7. The van der Waals surface area contributed by atoms with Crippen LogP contribution in [-0.4, -0.2) is 5.78 Å². The van der Waals surface area contributed by atoms with Crippen molar-refractivity contribution in [3.8, 4) is 0 Å². The van der Waals surface area contributed by atoms with E-state index in [1.54, 1.807) is 0 Å². The molecule has 0 unspecified atom stereocenters. The van der Waals surface area contributed by atoms with Crippen molar-refractivity contribution in [2.24, 2.45) is 11.3 Å². The van der Waals surface area contributed by atoms with E-state index in [9.17, 15) is 4.79 Å². The first-order valence-electron chi connectivity index (χ1n) is 11.5. The number of carbonyl (C=O) groups excluding carboxylic acids is 1. The van der Waals surface area contributed by atoms with Crippen LogP contribution >= 0.6 is 0 Å². The van der Waals surface area contributed by atoms with Gasteiger partial charge in [0.2, 0.25) is 0 Å². The summed E-state index contributed by atoms with van der Waals surface area (Å²) < 4.78 is 0. The molecule has 0 heterocycles. The molecule has 166 valence electrons. The molecule has 0 bridgehead atoms. The minimum atomic E-state index is -0.519. The van der Waals surface area contributed by atoms with Crippen LogP contribution in [0.3, 0.4) is 0 Å². The molecule has 0 N–H and O–H groups in total. The van der Waals surface area contributed by atoms with Gasteiger partial charge in [-0.25, -0.2) is 0 Å². The van der Waals surface area contributed by atoms with E-state index in [0.717, 1.165) is 48.8 Å². The highest BCUT2D eigenvalue weighted by molar-refractivity contribution is 6.07. The maximum Gasteiger partial charge on any atom is 0.173 e. The number of rotatable bonds is 10. The largest absolute Gasteiger partial charge is 0.293 e. The Kier molecular flexibility index (Phi) is 10.0. The Morgan fingerprint density at radius 1 is 0.967 bits per heavy atom. The molecular weight excluding hydrogens is 364 g/mol. The van der Waals surface area contributed by atoms with Gasteiger partial charge in [0, 0.05) is 5.57 Å². The zero-order chi connectivity index (χ0) is 23.1. The van der Waals surface area contributed by atoms with Crippen LogP contribution in [0.5, 0.6) is 0 Å². The predicted octanol–water partition coefficient (Wildman–Crippen LogP) is 8.86. The molecule has 1 rings (SSSR count). The Bertz CT molecular complexity index is 773. The van der Waals surface area contributed by atoms with Crippen LogP contribution in [0, 0.1) is 11.3 Å². The quantitative estimate of drug-likeness (QED) is 0.330. The zero-order valence-electron chi connectivity index (χ0n) is 21.0. The molecular formula is C29H44O. The lowest BCUT2D eigenvalue weighted by atomic mass is 9.66. The third kappa shape index (κ3) is 7.42. The topological polar surface area (TPSA) is 17.1 Å². The van der Waals surface area contributed by atoms with Gasteiger partial charge in [-0.2, -0.15) is 0 Å². The van der Waals surface area contributed by atoms with Gasteiger partial charge in [-0.15, -0.1) is 0 Å². The molecule has 30 heavy (non-hydrogen) atoms. The summed E-state index contributed by atoms with van der Waals surface area (Å²) >= 11 is 0. The number of carbonyl (C=O) groups is 1. The number of hydrogen-bond donors (Lipinski definition) is 0. The summed E-state index contributed by atoms with van der Waals surface area (Å²) in [5.41, 5.74) is 7.59. The summed E-state index contributed by atoms with van der Waals surface area (Å²) in [6, 6.07) is 0. The highest BCUT2D eigenvalue weighted by Crippen LogP contribution is 2.44. The number of ketones is 1. The third-order valence-corrected chi connectivity index (χ3v) is 5.84. The van der Waals surface area contributed by atoms with Crippen LogP contribution in [0.2, 0.25) is 0 Å². The first-order valence-corrected chi connectivity index (χ1v) is 11.5. The van der Waals surface area contributed by atoms with Gasteiger partial charge in [0.05, 0.1) is 5.41 Å². The summed E-state index contributed by atoms with van der Waals surface area (Å²) in [5, 5.41) is 0. The van der Waals surface area contributed by atoms with Gasteiger partial charge in [-0.1, -0.05) is 61.4 Å². The van der Waals surface area contributed by atoms with Gasteiger partial charge < -0.3 is 0 Å². The van der Waals surface area contributed by atoms with E-state index in [0.29, 0.717) is 5.92 Å². The van der Waals surface area contributed by atoms with E-state index in [1.807, 2.05) is 0 Å². The monoisotopic (exact) mass is 408 g/mol. The zero-order valence-corrected chi connectivity index (χ0v) is 21.0. The highest BCUT2D eigenvalue weighted by Gasteiger charge is 2.41. The molecule has 0 aromatic heterocycles. The second kappa shape index (κ2) is 11.5. The number of allylic oxidation sites excluding steroid dienone is 11. The van der Waals surface area contributed by atoms with Gasteiger partial charge in [-0.3, -0.25) is 4.79 Å². The van der Waals surface area contributed by atoms with Crippen LogP contribution in [0.1, 0.15) is 94.4 Å². The fourth-order valence-electron chi connectivity index (χ4n) is 3.79. The number of Topliss-reactive ketones (excluding diaryl/α,β-unsaturated/α-hetero) is 1. The number of hydrogen-bond acceptors (Lipinski definition) is 1. The van der Waals surface area contributed by atoms with Crippen molar-refractivity contribution >= 4 is 5.78 Å². The Balaban J connectivity index is 3.60. The summed E-state index contributed by atoms with van der Waals surface area (Å²) in [5.74, 6) is 0.854. The van der Waals surface area contributed by atoms with Crippen LogP contribution in [0.25, 0.3) is 0 Å². The lowest BCUT2D eigenvalue weighted by molar-refractivity contribution is -0.122. The molecule has 0 saturated carbocycles. The molecule has 1 heteroatoms. The first kappa shape index (κ1) is 26.1. The lowest BCUT2D eigenvalue weighted by Crippen LogP contribution is -2.34. The molecule has 1 aliphatic rings. The van der Waals surface area contributed by atoms with Gasteiger partial charge in [0.25, 0.3) is 0 Å². The fourth-order valence-corrected chi connectivity index (χ4v) is 3.79. The Labute approximate surface area is 186 Å². The molecule has 0 saturated heterocycles. The maximum atomic E-state index is 14.0. The molecule has 0 aromatic rings. The van der Waals surface area contributed by atoms with Crippen LogP contribution < -0.4 is 0 Å². The van der Waals surface area contributed by atoms with Crippen molar-refractivity contribution in [1.82, 2.24) is 0 Å². The van der Waals surface area contributed by atoms with E-state index >= 15 is 0 Å². The van der Waals surface area contributed by atoms with Gasteiger partial charge in [0.15, 0.2) is 5.78 Å². The minimum Gasteiger partial charge on any atom is -0.293 e. The Morgan fingerprint density at radius 3 is 1.90 bits per heavy atom. The third-order valence-electron chi connectivity index (χ3n) is 5.84. The Hall–Kier alpha value is -1.89. The maximum absolute atomic E-state index is 14.0. The van der Waals surface area contributed by atoms with Gasteiger partial charge in [0.1, 0.15) is 0 Å². The van der Waals surface area contributed by atoms with E-state index in [2.05, 4.69) is 93.2 Å². The standard InChI is InChI=1S/C29H44O/c1-20(2)11-13-24(9)27-25(10)26(14-12-21(3)4)19-29(28(27)30,17-15-22(5)6)18-16-23(7)8/h12,15-16,19-20H,9,11,13-14,17-18H2,1-8,10H3. The molecule has 1 aliphatic carbocycles. The van der Waals surface area contributed by atoms with Crippen molar-refractivity contribution in [3.05, 3.63) is 69.9 Å². The summed E-state index contributed by atoms with van der Waals surface area (Å²) in [6.07, 6.45) is 13.3. The van der Waals surface area contributed by atoms with Crippen molar-refractivity contribution in [3.63, 3.8) is 0 Å². The summed E-state index contributed by atoms with van der Waals surface area (Å²) in [7, 11) is 0. The Morgan fingerprint density at radius 2 is 1.47 bits per heavy atom. The molecule has 1 nitrogen and oxygen atoms in total. The van der Waals surface area contributed by atoms with Gasteiger partial charge >= 0.3 is 0 Å². The molecule has 0 amide bonds. The van der Waals surface area contributed by atoms with E-state index in [-0.39, 0.29) is 5.78 Å². The van der Waals surface area contributed by atoms with E-state index in [1.165, 1.54) is 22.3 Å². The predicted molar refractivity (Wildman–Crippen MR) is 134 cm³/mol. The molecule has 0 spiro atoms. The van der Waals surface area contributed by atoms with Gasteiger partial charge in [-0.05, 0) is 103 Å². The molecule has 0 radical (unpaired) electrons. The summed E-state index contributed by atoms with van der Waals surface area (Å²) in [4.78, 5) is 14.0. The summed E-state index contributed by atoms with van der Waals surface area (Å²) in [6.45, 7) is 23.7. The molecule has 0 aromatic carbocycles. The second-order valence-corrected chi connectivity index (χ2v) is 10.1. The van der Waals surface area contributed by atoms with Crippen LogP contribution in [0.4, 0.5) is 0 Å². The average molecular weight is 409 g/mol. The van der Waals surface area contributed by atoms with E-state index in [4.69, 9.17) is 0 Å². The van der Waals surface area contributed by atoms with Crippen LogP contribution in [0.15, 0.2) is 69.9 Å². The first-order chi connectivity index (χ1) is 13.9. The van der Waals surface area contributed by atoms with Crippen molar-refractivity contribution < 1.29 is 4.79 Å². The molecule has 0 atom stereocenters. The second-order valence-electron chi connectivity index (χ2n) is 10.1. The highest BCUT2D eigenvalue weighted by atomic mass is 16.1. The molecule has 0 aliphatic heterocycles. The lowest BCUT2D eigenvalue weighted by Gasteiger charge is -2.35. The van der Waals surface area contributed by atoms with E-state index < -0.39 is 5.41 Å². The molecule has 0 fully saturated rings. The average Bonchev–Trinajstić information content (AvgIpc) is 2.64. The van der Waals surface area contributed by atoms with Crippen molar-refractivity contribution in [1.29, 1.82) is 0 Å². The fraction of sp³-hybridized carbons (Fsp3) is 0.552. The van der Waals surface area contributed by atoms with Crippen LogP contribution in [-0.2, 0) is 4.79 Å². The van der Waals surface area contributed by atoms with Crippen molar-refractivity contribution in [2.75, 3.05) is 0 Å². The SMILES string of the molecule is C=C(CCC(C)C)C1=C(C)C(CC=C(C)C)=CC(CC=C(C)C)(CC=C(C)C)C1=O. The van der Waals surface area contributed by atoms with Crippen molar-refractivity contribution in [2.45, 2.75) is 94.4 Å². The minimum absolute atomic E-state index is 0.254. The smallest absolute Gasteiger partial charge is 0.173 e.